The van der Waals surface area contributed by atoms with E-state index in [1.807, 2.05) is 0 Å². The van der Waals surface area contributed by atoms with Gasteiger partial charge in [-0.15, -0.1) is 0 Å². The fraction of sp³-hybridized carbons (Fsp3) is 1.00. The van der Waals surface area contributed by atoms with Crippen LogP contribution in [0.1, 0.15) is 44.9 Å². The normalized spacial score (nSPS) is 39.8. The maximum atomic E-state index is 3.50. The summed E-state index contributed by atoms with van der Waals surface area (Å²) in [7, 11) is 0. The van der Waals surface area contributed by atoms with E-state index in [0.717, 1.165) is 17.9 Å². The monoisotopic (exact) mass is 268 g/mol. The van der Waals surface area contributed by atoms with Crippen molar-refractivity contribution in [3.63, 3.8) is 0 Å². The summed E-state index contributed by atoms with van der Waals surface area (Å²) in [6.07, 6.45) is 12.7. The van der Waals surface area contributed by atoms with E-state index >= 15 is 0 Å². The number of hydrogen-bond acceptors (Lipinski definition) is 3. The minimum Gasteiger partial charge on any atom is -0.302 e. The summed E-state index contributed by atoms with van der Waals surface area (Å²) in [5.41, 5.74) is 0. The molecule has 4 atom stereocenters. The molecule has 104 valence electrons. The maximum absolute atomic E-state index is 3.50. The van der Waals surface area contributed by atoms with Crippen molar-refractivity contribution >= 4 is 11.9 Å². The molecule has 1 heterocycles. The Morgan fingerprint density at radius 1 is 1.17 bits per heavy atom. The summed E-state index contributed by atoms with van der Waals surface area (Å²) in [4.78, 5) is 2.66. The average molecular weight is 268 g/mol. The molecule has 2 nitrogen and oxygen atoms in total. The lowest BCUT2D eigenvalue weighted by Crippen LogP contribution is -2.29. The zero-order valence-corrected chi connectivity index (χ0v) is 12.6. The van der Waals surface area contributed by atoms with Gasteiger partial charge in [0.1, 0.15) is 0 Å². The fourth-order valence-electron chi connectivity index (χ4n) is 4.11. The molecule has 0 bridgehead atoms. The molecule has 3 fully saturated rings. The van der Waals surface area contributed by atoms with Crippen LogP contribution in [0.3, 0.4) is 0 Å². The van der Waals surface area contributed by atoms with Crippen LogP contribution in [0.4, 0.5) is 0 Å². The quantitative estimate of drug-likeness (QED) is 0.745. The first-order valence-electron chi connectivity index (χ1n) is 7.86. The zero-order valence-electron chi connectivity index (χ0n) is 11.7. The van der Waals surface area contributed by atoms with Gasteiger partial charge in [-0.1, -0.05) is 18.4 Å². The van der Waals surface area contributed by atoms with Crippen LogP contribution in [0.15, 0.2) is 0 Å². The molecule has 3 aliphatic rings. The number of fused-ring (bicyclic) bond motifs is 1. The molecule has 1 N–H and O–H groups in total. The SMILES string of the molecule is CSNC1CCN(CCC[C@@H]2CCC3CC3C2)C1. The van der Waals surface area contributed by atoms with Crippen LogP contribution >= 0.6 is 11.9 Å². The van der Waals surface area contributed by atoms with E-state index in [1.54, 1.807) is 31.2 Å². The van der Waals surface area contributed by atoms with Gasteiger partial charge < -0.3 is 4.90 Å². The van der Waals surface area contributed by atoms with E-state index in [-0.39, 0.29) is 0 Å². The van der Waals surface area contributed by atoms with Gasteiger partial charge in [0, 0.05) is 12.6 Å². The van der Waals surface area contributed by atoms with Crippen molar-refractivity contribution in [3.05, 3.63) is 0 Å². The lowest BCUT2D eigenvalue weighted by molar-refractivity contribution is 0.278. The first kappa shape index (κ1) is 13.3. The molecule has 1 aliphatic heterocycles. The van der Waals surface area contributed by atoms with Gasteiger partial charge >= 0.3 is 0 Å². The predicted molar refractivity (Wildman–Crippen MR) is 79.7 cm³/mol. The van der Waals surface area contributed by atoms with E-state index < -0.39 is 0 Å². The Morgan fingerprint density at radius 2 is 2.11 bits per heavy atom. The summed E-state index contributed by atoms with van der Waals surface area (Å²) in [5.74, 6) is 3.40. The third-order valence-corrected chi connectivity index (χ3v) is 5.86. The van der Waals surface area contributed by atoms with Gasteiger partial charge in [0.15, 0.2) is 0 Å². The lowest BCUT2D eigenvalue weighted by atomic mass is 9.86. The molecular formula is C15H28N2S. The molecule has 0 aromatic heterocycles. The molecule has 2 aliphatic carbocycles. The number of likely N-dealkylation sites (tertiary alicyclic amines) is 1. The van der Waals surface area contributed by atoms with Crippen LogP contribution in [0.2, 0.25) is 0 Å². The van der Waals surface area contributed by atoms with Crippen LogP contribution in [0.5, 0.6) is 0 Å². The van der Waals surface area contributed by atoms with Crippen molar-refractivity contribution in [2.75, 3.05) is 25.9 Å². The largest absolute Gasteiger partial charge is 0.302 e. The molecule has 0 spiro atoms. The molecule has 0 aromatic rings. The summed E-state index contributed by atoms with van der Waals surface area (Å²) in [6, 6.07) is 0.738. The topological polar surface area (TPSA) is 15.3 Å². The highest BCUT2D eigenvalue weighted by Gasteiger charge is 2.41. The minimum atomic E-state index is 0.738. The highest BCUT2D eigenvalue weighted by atomic mass is 32.2. The number of hydrogen-bond donors (Lipinski definition) is 1. The summed E-state index contributed by atoms with van der Waals surface area (Å²) in [6.45, 7) is 3.93. The molecule has 3 heteroatoms. The molecule has 0 aromatic carbocycles. The number of rotatable bonds is 6. The second kappa shape index (κ2) is 6.15. The first-order chi connectivity index (χ1) is 8.85. The van der Waals surface area contributed by atoms with Crippen molar-refractivity contribution in [1.82, 2.24) is 9.62 Å². The summed E-state index contributed by atoms with van der Waals surface area (Å²) < 4.78 is 3.50. The Bertz CT molecular complexity index is 271. The van der Waals surface area contributed by atoms with E-state index in [2.05, 4.69) is 15.9 Å². The van der Waals surface area contributed by atoms with Crippen LogP contribution in [0.25, 0.3) is 0 Å². The van der Waals surface area contributed by atoms with Gasteiger partial charge in [-0.05, 0) is 75.6 Å². The van der Waals surface area contributed by atoms with E-state index in [1.165, 1.54) is 51.2 Å². The Kier molecular flexibility index (Phi) is 4.53. The Labute approximate surface area is 116 Å². The summed E-state index contributed by atoms with van der Waals surface area (Å²) in [5, 5.41) is 0. The smallest absolute Gasteiger partial charge is 0.0311 e. The van der Waals surface area contributed by atoms with Crippen molar-refractivity contribution in [2.24, 2.45) is 17.8 Å². The molecule has 3 rings (SSSR count). The Hall–Kier alpha value is 0.270. The highest BCUT2D eigenvalue weighted by Crippen LogP contribution is 2.52. The van der Waals surface area contributed by atoms with Crippen molar-refractivity contribution in [3.8, 4) is 0 Å². The van der Waals surface area contributed by atoms with Crippen molar-refractivity contribution < 1.29 is 0 Å². The third kappa shape index (κ3) is 3.43. The van der Waals surface area contributed by atoms with Crippen molar-refractivity contribution in [1.29, 1.82) is 0 Å². The van der Waals surface area contributed by atoms with Gasteiger partial charge in [0.25, 0.3) is 0 Å². The standard InChI is InChI=1S/C15H28N2S/c1-18-16-15-6-8-17(11-15)7-2-3-12-4-5-13-10-14(13)9-12/h12-16H,2-11H2,1H3/t12-,13?,14?,15?/m1/s1. The van der Waals surface area contributed by atoms with Crippen molar-refractivity contribution in [2.45, 2.75) is 51.0 Å². The van der Waals surface area contributed by atoms with Gasteiger partial charge in [-0.3, -0.25) is 4.72 Å². The Balaban J connectivity index is 1.28. The highest BCUT2D eigenvalue weighted by molar-refractivity contribution is 7.96. The third-order valence-electron chi connectivity index (χ3n) is 5.29. The number of nitrogens with zero attached hydrogens (tertiary/aromatic N) is 1. The molecular weight excluding hydrogens is 240 g/mol. The molecule has 0 amide bonds. The van der Waals surface area contributed by atoms with Crippen LogP contribution in [-0.2, 0) is 0 Å². The van der Waals surface area contributed by atoms with Gasteiger partial charge in [-0.25, -0.2) is 0 Å². The zero-order chi connectivity index (χ0) is 12.4. The second-order valence-electron chi connectivity index (χ2n) is 6.69. The van der Waals surface area contributed by atoms with Gasteiger partial charge in [-0.2, -0.15) is 0 Å². The van der Waals surface area contributed by atoms with Crippen LogP contribution in [-0.4, -0.2) is 36.8 Å². The molecule has 18 heavy (non-hydrogen) atoms. The number of nitrogens with one attached hydrogen (secondary N) is 1. The maximum Gasteiger partial charge on any atom is 0.0311 e. The first-order valence-corrected chi connectivity index (χ1v) is 9.08. The molecule has 2 saturated carbocycles. The minimum absolute atomic E-state index is 0.738. The molecule has 1 saturated heterocycles. The van der Waals surface area contributed by atoms with E-state index in [0.29, 0.717) is 0 Å². The van der Waals surface area contributed by atoms with E-state index in [9.17, 15) is 0 Å². The van der Waals surface area contributed by atoms with Crippen LogP contribution in [0, 0.1) is 17.8 Å². The molecule has 3 unspecified atom stereocenters. The predicted octanol–water partition coefficient (Wildman–Crippen LogP) is 3.14. The van der Waals surface area contributed by atoms with Gasteiger partial charge in [0.2, 0.25) is 0 Å². The Morgan fingerprint density at radius 3 is 2.94 bits per heavy atom. The fourth-order valence-corrected chi connectivity index (χ4v) is 4.64. The van der Waals surface area contributed by atoms with Gasteiger partial charge in [0.05, 0.1) is 0 Å². The molecule has 0 radical (unpaired) electrons. The lowest BCUT2D eigenvalue weighted by Gasteiger charge is -2.22. The average Bonchev–Trinajstić information content (AvgIpc) is 3.01. The van der Waals surface area contributed by atoms with Crippen LogP contribution < -0.4 is 4.72 Å². The second-order valence-corrected chi connectivity index (χ2v) is 7.33. The van der Waals surface area contributed by atoms with E-state index in [4.69, 9.17) is 0 Å². The summed E-state index contributed by atoms with van der Waals surface area (Å²) >= 11 is 1.78.